The highest BCUT2D eigenvalue weighted by Gasteiger charge is 2.47. The summed E-state index contributed by atoms with van der Waals surface area (Å²) in [4.78, 5) is 26.3. The monoisotopic (exact) mass is 932 g/mol. The topological polar surface area (TPSA) is 175 Å². The largest absolute Gasteiger partial charge is 0.454 e. The normalized spacial score (nSPS) is 20.6. The lowest BCUT2D eigenvalue weighted by Crippen LogP contribution is -2.61. The lowest BCUT2D eigenvalue weighted by molar-refractivity contribution is -0.305. The fourth-order valence-corrected chi connectivity index (χ4v) is 8.01. The molecule has 1 saturated heterocycles. The summed E-state index contributed by atoms with van der Waals surface area (Å²) in [6.45, 7) is 5.59. The van der Waals surface area contributed by atoms with Gasteiger partial charge in [0, 0.05) is 6.42 Å². The van der Waals surface area contributed by atoms with E-state index in [1.54, 1.807) is 6.08 Å². The van der Waals surface area contributed by atoms with E-state index in [2.05, 4.69) is 38.2 Å². The number of nitrogens with one attached hydrogen (secondary N) is 1. The summed E-state index contributed by atoms with van der Waals surface area (Å²) in [6, 6.07) is -1.03. The van der Waals surface area contributed by atoms with Crippen molar-refractivity contribution in [1.29, 1.82) is 0 Å². The Hall–Kier alpha value is -2.64. The molecule has 8 unspecified atom stereocenters. The molecule has 1 amide bonds. The molecule has 66 heavy (non-hydrogen) atoms. The molecular formula is C55H97NO10. The molecule has 1 heterocycles. The van der Waals surface area contributed by atoms with Crippen LogP contribution in [0, 0.1) is 0 Å². The summed E-state index contributed by atoms with van der Waals surface area (Å²) in [6.07, 6.45) is 41.3. The summed E-state index contributed by atoms with van der Waals surface area (Å²) in [5, 5.41) is 56.6. The first-order chi connectivity index (χ1) is 32.2. The van der Waals surface area contributed by atoms with Gasteiger partial charge in [0.05, 0.1) is 25.4 Å². The average Bonchev–Trinajstić information content (AvgIpc) is 3.31. The van der Waals surface area contributed by atoms with E-state index in [0.717, 1.165) is 70.6 Å². The quantitative estimate of drug-likeness (QED) is 0.0149. The van der Waals surface area contributed by atoms with Crippen LogP contribution in [0.25, 0.3) is 0 Å². The predicted molar refractivity (Wildman–Crippen MR) is 269 cm³/mol. The van der Waals surface area contributed by atoms with Crippen LogP contribution in [0.15, 0.2) is 60.8 Å². The minimum Gasteiger partial charge on any atom is -0.454 e. The maximum absolute atomic E-state index is 13.3. The Morgan fingerprint density at radius 3 is 1.64 bits per heavy atom. The zero-order valence-corrected chi connectivity index (χ0v) is 41.8. The van der Waals surface area contributed by atoms with Gasteiger partial charge in [0.1, 0.15) is 24.4 Å². The molecule has 0 bridgehead atoms. The Morgan fingerprint density at radius 2 is 1.09 bits per heavy atom. The van der Waals surface area contributed by atoms with Crippen LogP contribution in [0.5, 0.6) is 0 Å². The first-order valence-corrected chi connectivity index (χ1v) is 26.6. The van der Waals surface area contributed by atoms with Gasteiger partial charge in [-0.15, -0.1) is 0 Å². The Kier molecular flexibility index (Phi) is 40.6. The van der Waals surface area contributed by atoms with Crippen molar-refractivity contribution in [3.63, 3.8) is 0 Å². The van der Waals surface area contributed by atoms with Crippen LogP contribution in [-0.2, 0) is 23.8 Å². The fourth-order valence-electron chi connectivity index (χ4n) is 8.01. The Labute approximate surface area is 401 Å². The van der Waals surface area contributed by atoms with Crippen LogP contribution in [0.1, 0.15) is 213 Å². The maximum Gasteiger partial charge on any atom is 0.306 e. The highest BCUT2D eigenvalue weighted by atomic mass is 16.7. The molecule has 0 radical (unpaired) electrons. The number of hydrogen-bond acceptors (Lipinski definition) is 10. The van der Waals surface area contributed by atoms with Gasteiger partial charge in [-0.3, -0.25) is 9.59 Å². The number of allylic oxidation sites excluding steroid dienone is 9. The fraction of sp³-hybridized carbons (Fsp3) is 0.782. The minimum atomic E-state index is -1.61. The van der Waals surface area contributed by atoms with Gasteiger partial charge in [0.25, 0.3) is 0 Å². The van der Waals surface area contributed by atoms with Crippen molar-refractivity contribution < 1.29 is 49.3 Å². The maximum atomic E-state index is 13.3. The lowest BCUT2D eigenvalue weighted by Gasteiger charge is -2.41. The van der Waals surface area contributed by atoms with Crippen molar-refractivity contribution in [2.45, 2.75) is 262 Å². The Bertz CT molecular complexity index is 1300. The number of aliphatic hydroxyl groups excluding tert-OH is 5. The minimum absolute atomic E-state index is 0.121. The van der Waals surface area contributed by atoms with Crippen LogP contribution in [0.4, 0.5) is 0 Å². The zero-order chi connectivity index (χ0) is 48.3. The van der Waals surface area contributed by atoms with E-state index in [4.69, 9.17) is 14.2 Å². The Morgan fingerprint density at radius 1 is 0.606 bits per heavy atom. The van der Waals surface area contributed by atoms with Crippen molar-refractivity contribution in [3.8, 4) is 0 Å². The Balaban J connectivity index is 2.80. The van der Waals surface area contributed by atoms with Crippen LogP contribution in [0.3, 0.4) is 0 Å². The summed E-state index contributed by atoms with van der Waals surface area (Å²) >= 11 is 0. The zero-order valence-electron chi connectivity index (χ0n) is 41.8. The van der Waals surface area contributed by atoms with Crippen molar-refractivity contribution >= 4 is 11.9 Å². The number of rotatable bonds is 43. The number of aliphatic hydroxyl groups is 5. The molecule has 1 rings (SSSR count). The molecule has 0 saturated carbocycles. The second kappa shape index (κ2) is 43.6. The molecule has 1 fully saturated rings. The van der Waals surface area contributed by atoms with E-state index in [1.165, 1.54) is 96.3 Å². The first kappa shape index (κ1) is 61.4. The molecule has 0 aromatic heterocycles. The van der Waals surface area contributed by atoms with E-state index in [9.17, 15) is 35.1 Å². The molecule has 11 nitrogen and oxygen atoms in total. The van der Waals surface area contributed by atoms with Gasteiger partial charge in [-0.2, -0.15) is 0 Å². The van der Waals surface area contributed by atoms with Gasteiger partial charge in [-0.25, -0.2) is 0 Å². The first-order valence-electron chi connectivity index (χ1n) is 26.6. The van der Waals surface area contributed by atoms with Crippen LogP contribution in [-0.4, -0.2) is 99.6 Å². The number of carbonyl (C=O) groups is 2. The molecule has 0 spiro atoms. The molecule has 6 N–H and O–H groups in total. The molecule has 382 valence electrons. The molecule has 0 aromatic rings. The van der Waals surface area contributed by atoms with Gasteiger partial charge >= 0.3 is 5.97 Å². The average molecular weight is 932 g/mol. The van der Waals surface area contributed by atoms with Crippen molar-refractivity contribution in [3.05, 3.63) is 60.8 Å². The summed E-state index contributed by atoms with van der Waals surface area (Å²) in [5.74, 6) is -1.22. The summed E-state index contributed by atoms with van der Waals surface area (Å²) in [5.41, 5.74) is 0. The van der Waals surface area contributed by atoms with Gasteiger partial charge in [-0.05, 0) is 44.9 Å². The number of amides is 1. The van der Waals surface area contributed by atoms with Crippen molar-refractivity contribution in [1.82, 2.24) is 5.32 Å². The third-order valence-corrected chi connectivity index (χ3v) is 12.3. The van der Waals surface area contributed by atoms with Crippen molar-refractivity contribution in [2.75, 3.05) is 13.2 Å². The van der Waals surface area contributed by atoms with Gasteiger partial charge in [-0.1, -0.05) is 223 Å². The van der Waals surface area contributed by atoms with Crippen molar-refractivity contribution in [2.24, 2.45) is 0 Å². The van der Waals surface area contributed by atoms with E-state index in [0.29, 0.717) is 12.8 Å². The molecule has 11 heteroatoms. The smallest absolute Gasteiger partial charge is 0.306 e. The van der Waals surface area contributed by atoms with E-state index in [-0.39, 0.29) is 19.4 Å². The second-order valence-corrected chi connectivity index (χ2v) is 18.3. The SMILES string of the molecule is CC/C=C/C=C/C=C/C=C\CCCCCCC(O)C(=O)NC(COC1OC(CO)C(O)C(O)C1OC(=O)CCCCCCCCCCCCC)C(O)/C=C/CCCCCCCCCCCC. The van der Waals surface area contributed by atoms with E-state index < -0.39 is 67.4 Å². The standard InChI is InChI=1S/C55H97NO10/c1-4-7-10-13-16-19-22-24-25-28-30-33-36-39-42-48(59)54(63)56-46(47(58)41-38-35-32-29-27-23-20-17-14-11-8-5-2)45-64-55-53(52(62)51(61)49(44-57)65-55)66-50(60)43-40-37-34-31-26-21-18-15-12-9-6-3/h7,10,13,16,19,22,24-25,38,41,46-49,51-53,55,57-59,61-62H,4-6,8-9,11-12,14-15,17-18,20-21,23,26-37,39-40,42-45H2,1-3H3,(H,56,63)/b10-7+,16-13+,22-19+,25-24-,41-38+. The number of carbonyl (C=O) groups excluding carboxylic acids is 2. The highest BCUT2D eigenvalue weighted by molar-refractivity contribution is 5.80. The van der Waals surface area contributed by atoms with Gasteiger partial charge in [0.2, 0.25) is 5.91 Å². The van der Waals surface area contributed by atoms with E-state index >= 15 is 0 Å². The highest BCUT2D eigenvalue weighted by Crippen LogP contribution is 2.26. The number of esters is 1. The third-order valence-electron chi connectivity index (χ3n) is 12.3. The van der Waals surface area contributed by atoms with Crippen LogP contribution >= 0.6 is 0 Å². The number of ether oxygens (including phenoxy) is 3. The number of hydrogen-bond donors (Lipinski definition) is 6. The summed E-state index contributed by atoms with van der Waals surface area (Å²) in [7, 11) is 0. The molecule has 0 aliphatic carbocycles. The predicted octanol–water partition coefficient (Wildman–Crippen LogP) is 11.1. The second-order valence-electron chi connectivity index (χ2n) is 18.3. The molecule has 1 aliphatic rings. The van der Waals surface area contributed by atoms with Crippen LogP contribution in [0.2, 0.25) is 0 Å². The third kappa shape index (κ3) is 32.2. The van der Waals surface area contributed by atoms with Gasteiger partial charge in [0.15, 0.2) is 12.4 Å². The number of unbranched alkanes of at least 4 members (excludes halogenated alkanes) is 24. The van der Waals surface area contributed by atoms with E-state index in [1.807, 2.05) is 42.5 Å². The lowest BCUT2D eigenvalue weighted by atomic mass is 9.99. The molecule has 1 aliphatic heterocycles. The van der Waals surface area contributed by atoms with Crippen LogP contribution < -0.4 is 5.32 Å². The molecule has 8 atom stereocenters. The molecule has 0 aromatic carbocycles. The van der Waals surface area contributed by atoms with Gasteiger partial charge < -0.3 is 45.1 Å². The summed E-state index contributed by atoms with van der Waals surface area (Å²) < 4.78 is 17.5. The molecular weight excluding hydrogens is 835 g/mol.